The molecule has 0 radical (unpaired) electrons. The molecule has 0 aromatic heterocycles. The van der Waals surface area contributed by atoms with Crippen LogP contribution in [-0.2, 0) is 36.0 Å². The van der Waals surface area contributed by atoms with Crippen LogP contribution in [0.25, 0.3) is 10.4 Å². The number of nitrogens with one attached hydrogen (secondary N) is 1. The molecule has 1 fully saturated rings. The lowest BCUT2D eigenvalue weighted by atomic mass is 9.87. The van der Waals surface area contributed by atoms with Crippen LogP contribution in [0.15, 0.2) is 29.4 Å². The molecule has 0 spiro atoms. The van der Waals surface area contributed by atoms with Gasteiger partial charge in [-0.3, -0.25) is 14.4 Å². The highest BCUT2D eigenvalue weighted by atomic mass is 16.7. The molecule has 1 saturated heterocycles. The van der Waals surface area contributed by atoms with Gasteiger partial charge in [-0.05, 0) is 48.6 Å². The zero-order valence-electron chi connectivity index (χ0n) is 24.2. The van der Waals surface area contributed by atoms with Crippen molar-refractivity contribution in [1.29, 1.82) is 0 Å². The summed E-state index contributed by atoms with van der Waals surface area (Å²) >= 11 is 0. The Balaban J connectivity index is 1.52. The predicted molar refractivity (Wildman–Crippen MR) is 150 cm³/mol. The van der Waals surface area contributed by atoms with Gasteiger partial charge in [0.05, 0.1) is 12.5 Å². The summed E-state index contributed by atoms with van der Waals surface area (Å²) in [6.45, 7) is 9.56. The van der Waals surface area contributed by atoms with E-state index in [4.69, 9.17) is 10.4 Å². The lowest BCUT2D eigenvalue weighted by Gasteiger charge is -2.18. The summed E-state index contributed by atoms with van der Waals surface area (Å²) in [7, 11) is 0. The number of hydroxylamine groups is 2. The molecule has 1 aliphatic rings. The molecule has 0 bridgehead atoms. The van der Waals surface area contributed by atoms with Crippen molar-refractivity contribution in [2.75, 3.05) is 19.6 Å². The van der Waals surface area contributed by atoms with E-state index in [1.807, 2.05) is 0 Å². The molecule has 3 amide bonds. The van der Waals surface area contributed by atoms with Gasteiger partial charge in [0.2, 0.25) is 5.91 Å². The first kappa shape index (κ1) is 32.8. The Kier molecular flexibility index (Phi) is 14.2. The van der Waals surface area contributed by atoms with E-state index in [1.165, 1.54) is 11.1 Å². The lowest BCUT2D eigenvalue weighted by Crippen LogP contribution is -2.82. The van der Waals surface area contributed by atoms with E-state index < -0.39 is 23.7 Å². The SMILES string of the molecule is CC(C)(C)c1ccc(C[NH2+]CCCCCCNC(=O)CC2CC(=O)N(OC(=O)CCCCCN=[N+]=[N-])C2=O)cc1. The van der Waals surface area contributed by atoms with Crippen LogP contribution in [0.2, 0.25) is 0 Å². The molecule has 1 atom stereocenters. The molecule has 0 saturated carbocycles. The first-order chi connectivity index (χ1) is 19.1. The highest BCUT2D eigenvalue weighted by Crippen LogP contribution is 2.24. The van der Waals surface area contributed by atoms with E-state index in [1.54, 1.807) is 0 Å². The number of nitrogens with two attached hydrogens (primary N) is 1. The van der Waals surface area contributed by atoms with Crippen molar-refractivity contribution in [1.82, 2.24) is 10.4 Å². The van der Waals surface area contributed by atoms with E-state index >= 15 is 0 Å². The van der Waals surface area contributed by atoms with E-state index in [2.05, 4.69) is 65.7 Å². The Labute approximate surface area is 237 Å². The van der Waals surface area contributed by atoms with Crippen LogP contribution < -0.4 is 10.6 Å². The number of unbranched alkanes of at least 4 members (excludes halogenated alkanes) is 5. The second-order valence-electron chi connectivity index (χ2n) is 11.4. The molecule has 220 valence electrons. The molecule has 1 aromatic rings. The van der Waals surface area contributed by atoms with E-state index in [-0.39, 0.29) is 30.6 Å². The highest BCUT2D eigenvalue weighted by molar-refractivity contribution is 6.04. The minimum Gasteiger partial charge on any atom is -0.356 e. The Bertz CT molecular complexity index is 1030. The summed E-state index contributed by atoms with van der Waals surface area (Å²) in [6, 6.07) is 8.84. The molecule has 11 nitrogen and oxygen atoms in total. The number of rotatable bonds is 18. The van der Waals surface area contributed by atoms with E-state index in [0.717, 1.165) is 38.8 Å². The Hall–Kier alpha value is -3.43. The molecule has 11 heteroatoms. The third-order valence-corrected chi connectivity index (χ3v) is 6.88. The zero-order valence-corrected chi connectivity index (χ0v) is 24.2. The summed E-state index contributed by atoms with van der Waals surface area (Å²) in [6.07, 6.45) is 5.62. The van der Waals surface area contributed by atoms with E-state index in [9.17, 15) is 19.2 Å². The Morgan fingerprint density at radius 1 is 1.07 bits per heavy atom. The normalized spacial score (nSPS) is 15.2. The number of azide groups is 1. The minimum absolute atomic E-state index is 0.0436. The zero-order chi connectivity index (χ0) is 29.4. The summed E-state index contributed by atoms with van der Waals surface area (Å²) in [5, 5.41) is 9.06. The quantitative estimate of drug-likeness (QED) is 0.0922. The fraction of sp³-hybridized carbons (Fsp3) is 0.655. The van der Waals surface area contributed by atoms with E-state index in [0.29, 0.717) is 37.4 Å². The van der Waals surface area contributed by atoms with Gasteiger partial charge in [0.25, 0.3) is 11.8 Å². The number of carbonyl (C=O) groups excluding carboxylic acids is 4. The average molecular weight is 558 g/mol. The molecule has 0 aliphatic carbocycles. The van der Waals surface area contributed by atoms with Gasteiger partial charge in [0.1, 0.15) is 6.54 Å². The van der Waals surface area contributed by atoms with Gasteiger partial charge in [-0.1, -0.05) is 63.0 Å². The summed E-state index contributed by atoms with van der Waals surface area (Å²) in [4.78, 5) is 56.5. The van der Waals surface area contributed by atoms with Crippen LogP contribution in [0.3, 0.4) is 0 Å². The van der Waals surface area contributed by atoms with Gasteiger partial charge in [0.15, 0.2) is 0 Å². The number of hydrogen-bond donors (Lipinski definition) is 2. The highest BCUT2D eigenvalue weighted by Gasteiger charge is 2.42. The average Bonchev–Trinajstić information content (AvgIpc) is 3.16. The van der Waals surface area contributed by atoms with Gasteiger partial charge < -0.3 is 15.5 Å². The van der Waals surface area contributed by atoms with Crippen molar-refractivity contribution >= 4 is 23.7 Å². The molecule has 1 unspecified atom stereocenters. The molecular weight excluding hydrogens is 512 g/mol. The summed E-state index contributed by atoms with van der Waals surface area (Å²) < 4.78 is 0. The van der Waals surface area contributed by atoms with Gasteiger partial charge in [-0.2, -0.15) is 0 Å². The number of benzene rings is 1. The van der Waals surface area contributed by atoms with Crippen LogP contribution in [-0.4, -0.2) is 48.4 Å². The van der Waals surface area contributed by atoms with Crippen molar-refractivity contribution in [3.63, 3.8) is 0 Å². The first-order valence-corrected chi connectivity index (χ1v) is 14.4. The second kappa shape index (κ2) is 17.3. The maximum absolute atomic E-state index is 12.5. The topological polar surface area (TPSA) is 158 Å². The number of quaternary nitrogens is 1. The van der Waals surface area contributed by atoms with Crippen molar-refractivity contribution in [2.45, 2.75) is 96.9 Å². The maximum atomic E-state index is 12.5. The fourth-order valence-corrected chi connectivity index (χ4v) is 4.45. The number of carbonyl (C=O) groups is 4. The molecule has 1 aromatic carbocycles. The summed E-state index contributed by atoms with van der Waals surface area (Å²) in [5.74, 6) is -3.05. The fourth-order valence-electron chi connectivity index (χ4n) is 4.45. The smallest absolute Gasteiger partial charge is 0.333 e. The molecule has 1 heterocycles. The van der Waals surface area contributed by atoms with Gasteiger partial charge in [-0.15, -0.1) is 5.06 Å². The predicted octanol–water partition coefficient (Wildman–Crippen LogP) is 3.82. The third kappa shape index (κ3) is 12.2. The van der Waals surface area contributed by atoms with Crippen molar-refractivity contribution < 1.29 is 29.3 Å². The van der Waals surface area contributed by atoms with Crippen LogP contribution in [0, 0.1) is 5.92 Å². The van der Waals surface area contributed by atoms with Crippen molar-refractivity contribution in [2.24, 2.45) is 11.0 Å². The number of imide groups is 1. The maximum Gasteiger partial charge on any atom is 0.333 e. The molecule has 40 heavy (non-hydrogen) atoms. The van der Waals surface area contributed by atoms with Gasteiger partial charge in [0, 0.05) is 42.8 Å². The lowest BCUT2D eigenvalue weighted by molar-refractivity contribution is -0.671. The number of hydrogen-bond acceptors (Lipinski definition) is 6. The van der Waals surface area contributed by atoms with Crippen molar-refractivity contribution in [3.8, 4) is 0 Å². The third-order valence-electron chi connectivity index (χ3n) is 6.88. The number of amides is 3. The molecule has 1 aliphatic heterocycles. The van der Waals surface area contributed by atoms with Gasteiger partial charge in [-0.25, -0.2) is 4.79 Å². The molecule has 2 rings (SSSR count). The van der Waals surface area contributed by atoms with Crippen molar-refractivity contribution in [3.05, 3.63) is 45.8 Å². The van der Waals surface area contributed by atoms with Crippen LogP contribution in [0.5, 0.6) is 0 Å². The summed E-state index contributed by atoms with van der Waals surface area (Å²) in [5.41, 5.74) is 11.1. The molecular formula is C29H45N6O5+. The van der Waals surface area contributed by atoms with Crippen LogP contribution >= 0.6 is 0 Å². The molecule has 3 N–H and O–H groups in total. The monoisotopic (exact) mass is 557 g/mol. The standard InChI is InChI=1S/C29H44N6O5/c1-29(2,3)24-14-12-22(13-15-24)21-31-16-8-4-5-9-17-32-25(36)19-23-20-26(37)35(28(23)39)40-27(38)11-7-6-10-18-33-34-30/h12-15,23,31H,4-11,16-21H2,1-3H3,(H,32,36)/p+1. The number of nitrogens with zero attached hydrogens (tertiary/aromatic N) is 4. The van der Waals surface area contributed by atoms with Crippen LogP contribution in [0.4, 0.5) is 0 Å². The minimum atomic E-state index is -0.815. The Morgan fingerprint density at radius 2 is 1.77 bits per heavy atom. The second-order valence-corrected chi connectivity index (χ2v) is 11.4. The van der Waals surface area contributed by atoms with Gasteiger partial charge >= 0.3 is 5.97 Å². The largest absolute Gasteiger partial charge is 0.356 e. The Morgan fingerprint density at radius 3 is 2.48 bits per heavy atom. The van der Waals surface area contributed by atoms with Crippen LogP contribution in [0.1, 0.15) is 96.1 Å². The first-order valence-electron chi connectivity index (χ1n) is 14.4.